The Morgan fingerprint density at radius 3 is 2.14 bits per heavy atom. The van der Waals surface area contributed by atoms with E-state index in [4.69, 9.17) is 14.6 Å². The molecule has 28 heavy (non-hydrogen) atoms. The molecule has 4 nitrogen and oxygen atoms in total. The third-order valence-electron chi connectivity index (χ3n) is 4.91. The normalized spacial score (nSPS) is 16.0. The Morgan fingerprint density at radius 2 is 1.54 bits per heavy atom. The zero-order valence-corrected chi connectivity index (χ0v) is 17.4. The molecule has 3 aromatic carbocycles. The Hall–Kier alpha value is -2.79. The minimum atomic E-state index is 0.123. The molecule has 0 radical (unpaired) electrons. The molecule has 1 heterocycles. The number of rotatable bonds is 5. The molecule has 4 rings (SSSR count). The molecule has 0 bridgehead atoms. The fourth-order valence-electron chi connectivity index (χ4n) is 3.41. The average Bonchev–Trinajstić information content (AvgIpc) is 3.19. The van der Waals surface area contributed by atoms with Crippen molar-refractivity contribution in [1.82, 2.24) is 0 Å². The lowest BCUT2D eigenvalue weighted by Gasteiger charge is -2.24. The predicted molar refractivity (Wildman–Crippen MR) is 117 cm³/mol. The molecule has 0 unspecified atom stereocenters. The van der Waals surface area contributed by atoms with E-state index in [0.29, 0.717) is 0 Å². The van der Waals surface area contributed by atoms with Gasteiger partial charge in [-0.1, -0.05) is 34.1 Å². The topological polar surface area (TPSA) is 34.1 Å². The first-order chi connectivity index (χ1) is 13.7. The van der Waals surface area contributed by atoms with Crippen LogP contribution in [0.2, 0.25) is 0 Å². The van der Waals surface area contributed by atoms with E-state index in [1.54, 1.807) is 14.2 Å². The van der Waals surface area contributed by atoms with E-state index < -0.39 is 0 Å². The minimum Gasteiger partial charge on any atom is -0.497 e. The zero-order chi connectivity index (χ0) is 19.5. The summed E-state index contributed by atoms with van der Waals surface area (Å²) in [5.74, 6) is 1.70. The van der Waals surface area contributed by atoms with Crippen LogP contribution in [0.4, 0.5) is 5.69 Å². The highest BCUT2D eigenvalue weighted by Crippen LogP contribution is 2.38. The monoisotopic (exact) mass is 436 g/mol. The van der Waals surface area contributed by atoms with Crippen molar-refractivity contribution in [3.05, 3.63) is 88.4 Å². The summed E-state index contributed by atoms with van der Waals surface area (Å²) in [6.45, 7) is 0. The molecule has 0 aromatic heterocycles. The van der Waals surface area contributed by atoms with Crippen LogP contribution in [0.1, 0.15) is 23.6 Å². The van der Waals surface area contributed by atoms with Gasteiger partial charge >= 0.3 is 0 Å². The maximum Gasteiger partial charge on any atom is 0.118 e. The highest BCUT2D eigenvalue weighted by Gasteiger charge is 2.30. The van der Waals surface area contributed by atoms with Gasteiger partial charge in [-0.2, -0.15) is 5.10 Å². The standard InChI is InChI=1S/C23H21BrN2O2/c1-27-20-10-6-16(7-11-20)22-15-23(17-8-12-21(28-2)13-9-17)26(25-22)19-5-3-4-18(24)14-19/h3-14,23H,15H2,1-2H3/t23-/m0/s1. The summed E-state index contributed by atoms with van der Waals surface area (Å²) in [5.41, 5.74) is 4.42. The molecule has 0 saturated carbocycles. The van der Waals surface area contributed by atoms with Crippen LogP contribution in [0.3, 0.4) is 0 Å². The molecule has 142 valence electrons. The molecule has 0 fully saturated rings. The van der Waals surface area contributed by atoms with E-state index in [9.17, 15) is 0 Å². The molecule has 3 aromatic rings. The molecule has 1 atom stereocenters. The quantitative estimate of drug-likeness (QED) is 0.504. The van der Waals surface area contributed by atoms with E-state index in [0.717, 1.165) is 39.4 Å². The van der Waals surface area contributed by atoms with Gasteiger partial charge in [0.15, 0.2) is 0 Å². The molecule has 5 heteroatoms. The second-order valence-electron chi connectivity index (χ2n) is 6.59. The van der Waals surface area contributed by atoms with Gasteiger partial charge in [0.05, 0.1) is 31.7 Å². The van der Waals surface area contributed by atoms with Crippen molar-refractivity contribution < 1.29 is 9.47 Å². The number of hydrogen-bond donors (Lipinski definition) is 0. The number of methoxy groups -OCH3 is 2. The predicted octanol–water partition coefficient (Wildman–Crippen LogP) is 5.82. The van der Waals surface area contributed by atoms with Crippen molar-refractivity contribution in [3.8, 4) is 11.5 Å². The van der Waals surface area contributed by atoms with Crippen molar-refractivity contribution in [3.63, 3.8) is 0 Å². The Labute approximate surface area is 173 Å². The third kappa shape index (κ3) is 3.76. The largest absolute Gasteiger partial charge is 0.497 e. The van der Waals surface area contributed by atoms with Gasteiger partial charge < -0.3 is 9.47 Å². The fraction of sp³-hybridized carbons (Fsp3) is 0.174. The summed E-state index contributed by atoms with van der Waals surface area (Å²) in [7, 11) is 3.36. The van der Waals surface area contributed by atoms with Gasteiger partial charge in [-0.15, -0.1) is 0 Å². The first-order valence-electron chi connectivity index (χ1n) is 9.08. The van der Waals surface area contributed by atoms with Gasteiger partial charge in [0.1, 0.15) is 11.5 Å². The number of hydrogen-bond acceptors (Lipinski definition) is 4. The van der Waals surface area contributed by atoms with Crippen LogP contribution in [-0.4, -0.2) is 19.9 Å². The van der Waals surface area contributed by atoms with Crippen LogP contribution < -0.4 is 14.5 Å². The summed E-state index contributed by atoms with van der Waals surface area (Å²) in [4.78, 5) is 0. The van der Waals surface area contributed by atoms with Gasteiger partial charge in [-0.05, 0) is 65.7 Å². The summed E-state index contributed by atoms with van der Waals surface area (Å²) in [6, 6.07) is 24.7. The minimum absolute atomic E-state index is 0.123. The van der Waals surface area contributed by atoms with Crippen molar-refractivity contribution in [2.75, 3.05) is 19.2 Å². The number of halogens is 1. The highest BCUT2D eigenvalue weighted by atomic mass is 79.9. The summed E-state index contributed by atoms with van der Waals surface area (Å²) < 4.78 is 11.6. The Kier molecular flexibility index (Phi) is 5.35. The number of anilines is 1. The number of nitrogens with zero attached hydrogens (tertiary/aromatic N) is 2. The lowest BCUT2D eigenvalue weighted by atomic mass is 9.98. The van der Waals surface area contributed by atoms with Crippen molar-refractivity contribution in [2.24, 2.45) is 5.10 Å². The van der Waals surface area contributed by atoms with E-state index in [2.05, 4.69) is 57.3 Å². The lowest BCUT2D eigenvalue weighted by Crippen LogP contribution is -2.18. The van der Waals surface area contributed by atoms with Crippen LogP contribution in [0.5, 0.6) is 11.5 Å². The van der Waals surface area contributed by atoms with E-state index in [1.807, 2.05) is 36.4 Å². The third-order valence-corrected chi connectivity index (χ3v) is 5.40. The van der Waals surface area contributed by atoms with Crippen LogP contribution in [0.25, 0.3) is 0 Å². The molecule has 0 N–H and O–H groups in total. The molecule has 0 amide bonds. The Bertz CT molecular complexity index is 984. The first-order valence-corrected chi connectivity index (χ1v) is 9.88. The van der Waals surface area contributed by atoms with Crippen molar-refractivity contribution >= 4 is 27.3 Å². The van der Waals surface area contributed by atoms with Gasteiger partial charge in [0.25, 0.3) is 0 Å². The van der Waals surface area contributed by atoms with Crippen molar-refractivity contribution in [1.29, 1.82) is 0 Å². The second-order valence-corrected chi connectivity index (χ2v) is 7.51. The Balaban J connectivity index is 1.71. The smallest absolute Gasteiger partial charge is 0.118 e. The average molecular weight is 437 g/mol. The summed E-state index contributed by atoms with van der Waals surface area (Å²) in [5, 5.41) is 7.09. The highest BCUT2D eigenvalue weighted by molar-refractivity contribution is 9.10. The molecule has 0 aliphatic carbocycles. The number of hydrazone groups is 1. The lowest BCUT2D eigenvalue weighted by molar-refractivity contribution is 0.414. The zero-order valence-electron chi connectivity index (χ0n) is 15.8. The molecule has 0 spiro atoms. The molecule has 1 aliphatic heterocycles. The molecule has 1 aliphatic rings. The van der Waals surface area contributed by atoms with Gasteiger partial charge in [0.2, 0.25) is 0 Å². The molecular weight excluding hydrogens is 416 g/mol. The summed E-state index contributed by atoms with van der Waals surface area (Å²) >= 11 is 3.57. The van der Waals surface area contributed by atoms with E-state index >= 15 is 0 Å². The van der Waals surface area contributed by atoms with Crippen LogP contribution >= 0.6 is 15.9 Å². The fourth-order valence-corrected chi connectivity index (χ4v) is 3.80. The second kappa shape index (κ2) is 8.07. The maximum absolute atomic E-state index is 5.31. The Morgan fingerprint density at radius 1 is 0.893 bits per heavy atom. The SMILES string of the molecule is COc1ccc(C2=NN(c3cccc(Br)c3)[C@H](c3ccc(OC)cc3)C2)cc1. The van der Waals surface area contributed by atoms with E-state index in [1.165, 1.54) is 5.56 Å². The van der Waals surface area contributed by atoms with Crippen LogP contribution in [0.15, 0.2) is 82.4 Å². The molecular formula is C23H21BrN2O2. The van der Waals surface area contributed by atoms with Gasteiger partial charge in [0, 0.05) is 10.9 Å². The van der Waals surface area contributed by atoms with Crippen LogP contribution in [-0.2, 0) is 0 Å². The van der Waals surface area contributed by atoms with Gasteiger partial charge in [-0.3, -0.25) is 5.01 Å². The number of ether oxygens (including phenoxy) is 2. The van der Waals surface area contributed by atoms with Crippen LogP contribution in [0, 0.1) is 0 Å². The molecule has 0 saturated heterocycles. The van der Waals surface area contributed by atoms with Gasteiger partial charge in [-0.25, -0.2) is 0 Å². The van der Waals surface area contributed by atoms with Crippen molar-refractivity contribution in [2.45, 2.75) is 12.5 Å². The van der Waals surface area contributed by atoms with E-state index in [-0.39, 0.29) is 6.04 Å². The number of benzene rings is 3. The summed E-state index contributed by atoms with van der Waals surface area (Å²) in [6.07, 6.45) is 0.825. The first kappa shape index (κ1) is 18.6. The maximum atomic E-state index is 5.31.